The van der Waals surface area contributed by atoms with E-state index in [2.05, 4.69) is 27.8 Å². The Labute approximate surface area is 361 Å². The minimum atomic E-state index is -0.592. The minimum absolute atomic E-state index is 0.0261. The van der Waals surface area contributed by atoms with E-state index >= 15 is 0 Å². The second-order valence-corrected chi connectivity index (χ2v) is 15.9. The number of hydrogen-bond acceptors (Lipinski definition) is 11. The second-order valence-electron chi connectivity index (χ2n) is 14.9. The van der Waals surface area contributed by atoms with Crippen LogP contribution in [0.1, 0.15) is 105 Å². The molecule has 5 aromatic carbocycles. The van der Waals surface area contributed by atoms with E-state index < -0.39 is 10.8 Å². The lowest BCUT2D eigenvalue weighted by molar-refractivity contribution is -0.385. The van der Waals surface area contributed by atoms with E-state index in [4.69, 9.17) is 14.2 Å². The molecule has 6 aromatic rings. The summed E-state index contributed by atoms with van der Waals surface area (Å²) < 4.78 is 19.2. The number of carbonyl (C=O) groups excluding carboxylic acids is 1. The molecule has 6 rings (SSSR count). The number of amides is 1. The van der Waals surface area contributed by atoms with Crippen LogP contribution < -0.4 is 19.5 Å². The second kappa shape index (κ2) is 23.0. The number of nitro benzene ring substituents is 1. The molecule has 14 heteroatoms. The third kappa shape index (κ3) is 12.7. The highest BCUT2D eigenvalue weighted by molar-refractivity contribution is 7.98. The molecular formula is C47H54N6O7S. The summed E-state index contributed by atoms with van der Waals surface area (Å²) in [6.07, 6.45) is 15.0. The summed E-state index contributed by atoms with van der Waals surface area (Å²) in [4.78, 5) is 25.7. The summed E-state index contributed by atoms with van der Waals surface area (Å²) in [6.45, 7) is 3.20. The van der Waals surface area contributed by atoms with Gasteiger partial charge in [0.2, 0.25) is 10.9 Å². The predicted molar refractivity (Wildman–Crippen MR) is 239 cm³/mol. The molecule has 0 saturated carbocycles. The van der Waals surface area contributed by atoms with Crippen molar-refractivity contribution < 1.29 is 29.0 Å². The number of aromatic nitrogens is 4. The Bertz CT molecular complexity index is 2350. The highest BCUT2D eigenvalue weighted by Crippen LogP contribution is 2.41. The number of phenolic OH excluding ortho intramolecular Hbond substituents is 1. The molecule has 0 aliphatic rings. The fourth-order valence-electron chi connectivity index (χ4n) is 7.05. The number of fused-ring (bicyclic) bond motifs is 1. The SMILES string of the molecule is CCCCCCCCCCCCCCOc1ccccc1NC(=O)c1cc(Oc2ccc(CSc3nnnn3Cc3ccc(OC)cc3)cc2[N+](=O)[O-])c2ccccc2c1O. The summed E-state index contributed by atoms with van der Waals surface area (Å²) in [5.41, 5.74) is 1.76. The van der Waals surface area contributed by atoms with E-state index in [1.54, 1.807) is 60.3 Å². The first-order valence-electron chi connectivity index (χ1n) is 21.1. The Morgan fingerprint density at radius 3 is 2.15 bits per heavy atom. The van der Waals surface area contributed by atoms with Gasteiger partial charge in [0.05, 0.1) is 36.4 Å². The van der Waals surface area contributed by atoms with Crippen molar-refractivity contribution >= 4 is 39.8 Å². The van der Waals surface area contributed by atoms with E-state index in [-0.39, 0.29) is 28.5 Å². The quantitative estimate of drug-likeness (QED) is 0.0244. The molecule has 0 bridgehead atoms. The van der Waals surface area contributed by atoms with E-state index in [1.165, 1.54) is 94.2 Å². The molecule has 0 atom stereocenters. The first-order chi connectivity index (χ1) is 29.8. The van der Waals surface area contributed by atoms with E-state index in [9.17, 15) is 20.0 Å². The average Bonchev–Trinajstić information content (AvgIpc) is 3.72. The number of methoxy groups -OCH3 is 1. The van der Waals surface area contributed by atoms with Gasteiger partial charge >= 0.3 is 5.69 Å². The maximum Gasteiger partial charge on any atom is 0.311 e. The van der Waals surface area contributed by atoms with Gasteiger partial charge in [-0.3, -0.25) is 14.9 Å². The van der Waals surface area contributed by atoms with Crippen molar-refractivity contribution in [2.75, 3.05) is 19.0 Å². The van der Waals surface area contributed by atoms with Crippen molar-refractivity contribution in [3.63, 3.8) is 0 Å². The van der Waals surface area contributed by atoms with Gasteiger partial charge in [-0.2, -0.15) is 0 Å². The zero-order valence-corrected chi connectivity index (χ0v) is 35.7. The molecule has 2 N–H and O–H groups in total. The molecule has 320 valence electrons. The zero-order valence-electron chi connectivity index (χ0n) is 34.9. The molecule has 1 aromatic heterocycles. The number of phenols is 1. The molecule has 0 aliphatic heterocycles. The predicted octanol–water partition coefficient (Wildman–Crippen LogP) is 11.9. The monoisotopic (exact) mass is 846 g/mol. The van der Waals surface area contributed by atoms with Crippen LogP contribution in [-0.2, 0) is 12.3 Å². The van der Waals surface area contributed by atoms with Gasteiger partial charge in [-0.1, -0.05) is 144 Å². The van der Waals surface area contributed by atoms with Gasteiger partial charge in [0, 0.05) is 22.6 Å². The zero-order chi connectivity index (χ0) is 42.8. The summed E-state index contributed by atoms with van der Waals surface area (Å²) in [7, 11) is 1.61. The maximum atomic E-state index is 13.9. The van der Waals surface area contributed by atoms with Crippen LogP contribution in [0, 0.1) is 10.1 Å². The summed E-state index contributed by atoms with van der Waals surface area (Å²) in [5, 5.41) is 40.1. The first kappa shape index (κ1) is 44.4. The molecule has 13 nitrogen and oxygen atoms in total. The highest BCUT2D eigenvalue weighted by Gasteiger charge is 2.23. The number of nitro groups is 1. The van der Waals surface area contributed by atoms with Crippen molar-refractivity contribution in [3.8, 4) is 28.7 Å². The number of nitrogens with zero attached hydrogens (tertiary/aromatic N) is 5. The van der Waals surface area contributed by atoms with Crippen LogP contribution in [0.3, 0.4) is 0 Å². The van der Waals surface area contributed by atoms with E-state index in [0.717, 1.165) is 24.2 Å². The number of rotatable bonds is 25. The van der Waals surface area contributed by atoms with Crippen molar-refractivity contribution in [3.05, 3.63) is 124 Å². The molecule has 0 saturated heterocycles. The summed E-state index contributed by atoms with van der Waals surface area (Å²) in [5.74, 6) is 0.924. The largest absolute Gasteiger partial charge is 0.506 e. The number of ether oxygens (including phenoxy) is 3. The molecule has 0 radical (unpaired) electrons. The van der Waals surface area contributed by atoms with Gasteiger partial charge in [0.15, 0.2) is 0 Å². The highest BCUT2D eigenvalue weighted by atomic mass is 32.2. The summed E-state index contributed by atoms with van der Waals surface area (Å²) >= 11 is 1.34. The molecule has 0 spiro atoms. The number of aromatic hydroxyl groups is 1. The van der Waals surface area contributed by atoms with Crippen LogP contribution in [0.25, 0.3) is 10.8 Å². The average molecular weight is 847 g/mol. The standard InChI is InChI=1S/C47H54N6O7S/c1-3-4-5-6-7-8-9-10-11-12-13-18-29-59-42-22-17-16-21-40(42)48-46(55)39-31-44(37-19-14-15-20-38(37)45(39)54)60-43-28-25-35(30-41(43)53(56)57)33-61-47-49-50-51-52(47)32-34-23-26-36(58-2)27-24-34/h14-17,19-28,30-31,54H,3-13,18,29,32-33H2,1-2H3,(H,48,55). The van der Waals surface area contributed by atoms with Gasteiger partial charge in [0.25, 0.3) is 5.91 Å². The van der Waals surface area contributed by atoms with Crippen LogP contribution in [0.4, 0.5) is 11.4 Å². The van der Waals surface area contributed by atoms with E-state index in [1.807, 2.05) is 30.3 Å². The van der Waals surface area contributed by atoms with Crippen LogP contribution in [0.2, 0.25) is 0 Å². The molecule has 1 amide bonds. The fourth-order valence-corrected chi connectivity index (χ4v) is 7.87. The molecular weight excluding hydrogens is 793 g/mol. The molecule has 0 aliphatic carbocycles. The normalized spacial score (nSPS) is 11.1. The Morgan fingerprint density at radius 2 is 1.44 bits per heavy atom. The Kier molecular flexibility index (Phi) is 16.7. The Morgan fingerprint density at radius 1 is 0.787 bits per heavy atom. The number of hydrogen-bond donors (Lipinski definition) is 2. The summed E-state index contributed by atoms with van der Waals surface area (Å²) in [6, 6.07) is 27.8. The lowest BCUT2D eigenvalue weighted by Crippen LogP contribution is -2.14. The third-order valence-corrected chi connectivity index (χ3v) is 11.4. The number of nitrogens with one attached hydrogen (secondary N) is 1. The lowest BCUT2D eigenvalue weighted by atomic mass is 10.0. The molecule has 0 unspecified atom stereocenters. The Hall–Kier alpha value is -6.15. The van der Waals surface area contributed by atoms with Crippen molar-refractivity contribution in [1.82, 2.24) is 20.2 Å². The van der Waals surface area contributed by atoms with Gasteiger partial charge in [-0.15, -0.1) is 5.10 Å². The molecule has 1 heterocycles. The Balaban J connectivity index is 1.08. The van der Waals surface area contributed by atoms with Crippen LogP contribution in [-0.4, -0.2) is 49.9 Å². The molecule has 0 fully saturated rings. The number of thioether (sulfide) groups is 1. The smallest absolute Gasteiger partial charge is 0.311 e. The van der Waals surface area contributed by atoms with Crippen LogP contribution in [0.15, 0.2) is 102 Å². The van der Waals surface area contributed by atoms with Crippen LogP contribution >= 0.6 is 11.8 Å². The van der Waals surface area contributed by atoms with Crippen molar-refractivity contribution in [2.24, 2.45) is 0 Å². The number of tetrazole rings is 1. The van der Waals surface area contributed by atoms with E-state index in [0.29, 0.717) is 51.8 Å². The van der Waals surface area contributed by atoms with Crippen LogP contribution in [0.5, 0.6) is 28.7 Å². The third-order valence-electron chi connectivity index (χ3n) is 10.4. The number of unbranched alkanes of at least 4 members (excludes halogenated alkanes) is 11. The number of anilines is 1. The minimum Gasteiger partial charge on any atom is -0.506 e. The number of benzene rings is 5. The number of para-hydroxylation sites is 2. The number of carbonyl (C=O) groups is 1. The fraction of sp³-hybridized carbons (Fsp3) is 0.362. The van der Waals surface area contributed by atoms with Crippen molar-refractivity contribution in [2.45, 2.75) is 101 Å². The molecule has 61 heavy (non-hydrogen) atoms. The topological polar surface area (TPSA) is 164 Å². The lowest BCUT2D eigenvalue weighted by Gasteiger charge is -2.16. The van der Waals surface area contributed by atoms with Crippen molar-refractivity contribution in [1.29, 1.82) is 0 Å². The van der Waals surface area contributed by atoms with Gasteiger partial charge in [-0.25, -0.2) is 4.68 Å². The van der Waals surface area contributed by atoms with Gasteiger partial charge < -0.3 is 24.6 Å². The first-order valence-corrected chi connectivity index (χ1v) is 22.1. The maximum absolute atomic E-state index is 13.9. The van der Waals surface area contributed by atoms with Gasteiger partial charge in [-0.05, 0) is 64.4 Å². The van der Waals surface area contributed by atoms with Gasteiger partial charge in [0.1, 0.15) is 23.0 Å².